The van der Waals surface area contributed by atoms with Gasteiger partial charge in [-0.15, -0.1) is 0 Å². The molecule has 0 aliphatic heterocycles. The first-order valence-corrected chi connectivity index (χ1v) is 18.5. The van der Waals surface area contributed by atoms with Crippen LogP contribution in [0.2, 0.25) is 0 Å². The number of aromatic nitrogens is 5. The molecule has 0 unspecified atom stereocenters. The lowest BCUT2D eigenvalue weighted by Gasteiger charge is -2.12. The molecule has 11 rings (SSSR count). The summed E-state index contributed by atoms with van der Waals surface area (Å²) in [4.78, 5) is 20.9. The number of nitrogens with zero attached hydrogens (tertiary/aromatic N) is 5. The van der Waals surface area contributed by atoms with E-state index in [2.05, 4.69) is 180 Å². The first kappa shape index (κ1) is 31.1. The minimum absolute atomic E-state index is 0.618. The molecule has 256 valence electrons. The summed E-state index contributed by atoms with van der Waals surface area (Å²) in [6.45, 7) is 0. The molecule has 0 aliphatic carbocycles. The molecule has 11 aromatic rings. The highest BCUT2D eigenvalue weighted by Gasteiger charge is 2.19. The molecule has 5 heteroatoms. The molecule has 0 N–H and O–H groups in total. The minimum Gasteiger partial charge on any atom is -0.292 e. The maximum absolute atomic E-state index is 5.42. The van der Waals surface area contributed by atoms with E-state index >= 15 is 0 Å². The van der Waals surface area contributed by atoms with Crippen molar-refractivity contribution in [2.75, 3.05) is 0 Å². The molecule has 0 bridgehead atoms. The third kappa shape index (κ3) is 5.33. The smallest absolute Gasteiger partial charge is 0.164 e. The van der Waals surface area contributed by atoms with E-state index in [1.807, 2.05) is 12.1 Å². The van der Waals surface area contributed by atoms with Crippen LogP contribution in [0.4, 0.5) is 0 Å². The number of benzene rings is 9. The summed E-state index contributed by atoms with van der Waals surface area (Å²) in [6, 6.07) is 65.8. The number of hydrogen-bond donors (Lipinski definition) is 0. The second-order valence-corrected chi connectivity index (χ2v) is 13.9. The van der Waals surface area contributed by atoms with Gasteiger partial charge < -0.3 is 0 Å². The van der Waals surface area contributed by atoms with Gasteiger partial charge in [0.2, 0.25) is 0 Å². The zero-order valence-corrected chi connectivity index (χ0v) is 29.6. The predicted molar refractivity (Wildman–Crippen MR) is 226 cm³/mol. The average molecular weight is 702 g/mol. The third-order valence-electron chi connectivity index (χ3n) is 10.6. The van der Waals surface area contributed by atoms with Crippen molar-refractivity contribution in [2.45, 2.75) is 0 Å². The number of hydrogen-bond acceptors (Lipinski definition) is 4. The van der Waals surface area contributed by atoms with Crippen LogP contribution in [0.1, 0.15) is 0 Å². The van der Waals surface area contributed by atoms with Crippen molar-refractivity contribution in [2.24, 2.45) is 0 Å². The maximum Gasteiger partial charge on any atom is 0.164 e. The molecule has 2 heterocycles. The van der Waals surface area contributed by atoms with Gasteiger partial charge in [0.15, 0.2) is 17.5 Å². The quantitative estimate of drug-likeness (QED) is 0.168. The molecule has 0 radical (unpaired) electrons. The molecule has 0 fully saturated rings. The van der Waals surface area contributed by atoms with Gasteiger partial charge in [-0.25, -0.2) is 19.9 Å². The summed E-state index contributed by atoms with van der Waals surface area (Å²) >= 11 is 0. The zero-order valence-electron chi connectivity index (χ0n) is 29.6. The first-order chi connectivity index (χ1) is 27.2. The Labute approximate surface area is 316 Å². The summed E-state index contributed by atoms with van der Waals surface area (Å²) < 4.78 is 2.27. The van der Waals surface area contributed by atoms with E-state index in [-0.39, 0.29) is 0 Å². The Hall–Kier alpha value is -7.50. The normalized spacial score (nSPS) is 11.6. The van der Waals surface area contributed by atoms with E-state index in [0.717, 1.165) is 77.1 Å². The average Bonchev–Trinajstić information content (AvgIpc) is 3.66. The third-order valence-corrected chi connectivity index (χ3v) is 10.6. The molecule has 0 saturated heterocycles. The predicted octanol–water partition coefficient (Wildman–Crippen LogP) is 12.5. The molecule has 55 heavy (non-hydrogen) atoms. The topological polar surface area (TPSA) is 56.5 Å². The lowest BCUT2D eigenvalue weighted by Crippen LogP contribution is -2.00. The molecule has 0 spiro atoms. The van der Waals surface area contributed by atoms with Crippen molar-refractivity contribution in [3.8, 4) is 51.2 Å². The number of rotatable bonds is 5. The molecule has 0 amide bonds. The van der Waals surface area contributed by atoms with E-state index in [1.165, 1.54) is 10.8 Å². The first-order valence-electron chi connectivity index (χ1n) is 18.5. The summed E-state index contributed by atoms with van der Waals surface area (Å²) in [7, 11) is 0. The van der Waals surface area contributed by atoms with Crippen molar-refractivity contribution in [3.05, 3.63) is 188 Å². The Kier molecular flexibility index (Phi) is 7.10. The van der Waals surface area contributed by atoms with Gasteiger partial charge in [-0.2, -0.15) is 0 Å². The summed E-state index contributed by atoms with van der Waals surface area (Å²) in [5.41, 5.74) is 6.92. The highest BCUT2D eigenvalue weighted by Crippen LogP contribution is 2.38. The van der Waals surface area contributed by atoms with Gasteiger partial charge in [-0.3, -0.25) is 4.57 Å². The summed E-state index contributed by atoms with van der Waals surface area (Å²) in [6.07, 6.45) is 0. The fraction of sp³-hybridized carbons (Fsp3) is 0. The lowest BCUT2D eigenvalue weighted by molar-refractivity contribution is 1.08. The molecule has 5 nitrogen and oxygen atoms in total. The molecule has 9 aromatic carbocycles. The van der Waals surface area contributed by atoms with Gasteiger partial charge in [0.05, 0.1) is 11.0 Å². The van der Waals surface area contributed by atoms with Gasteiger partial charge in [0.25, 0.3) is 0 Å². The Balaban J connectivity index is 1.15. The number of para-hydroxylation sites is 1. The monoisotopic (exact) mass is 701 g/mol. The fourth-order valence-electron chi connectivity index (χ4n) is 7.86. The van der Waals surface area contributed by atoms with Crippen molar-refractivity contribution < 1.29 is 0 Å². The Morgan fingerprint density at radius 2 is 0.800 bits per heavy atom. The summed E-state index contributed by atoms with van der Waals surface area (Å²) in [5, 5.41) is 9.07. The summed E-state index contributed by atoms with van der Waals surface area (Å²) in [5.74, 6) is 2.79. The number of imidazole rings is 1. The second-order valence-electron chi connectivity index (χ2n) is 13.9. The van der Waals surface area contributed by atoms with E-state index < -0.39 is 0 Å². The zero-order chi connectivity index (χ0) is 36.3. The highest BCUT2D eigenvalue weighted by atomic mass is 15.1. The van der Waals surface area contributed by atoms with E-state index in [1.54, 1.807) is 0 Å². The molecule has 2 aromatic heterocycles. The van der Waals surface area contributed by atoms with Crippen molar-refractivity contribution >= 4 is 54.1 Å². The molecule has 0 saturated carbocycles. The van der Waals surface area contributed by atoms with Crippen molar-refractivity contribution in [3.63, 3.8) is 0 Å². The van der Waals surface area contributed by atoms with Gasteiger partial charge in [0, 0.05) is 33.3 Å². The van der Waals surface area contributed by atoms with Gasteiger partial charge in [-0.1, -0.05) is 152 Å². The fourth-order valence-corrected chi connectivity index (χ4v) is 7.86. The Morgan fingerprint density at radius 3 is 1.42 bits per heavy atom. The van der Waals surface area contributed by atoms with E-state index in [0.29, 0.717) is 17.5 Å². The number of fused-ring (bicyclic) bond motifs is 7. The standard InChI is InChI=1S/C50H31N5/c1-3-13-36(14-4-1)50-51-46-44(55(50)42-17-5-2-6-18-42)28-27-35-23-21-34-22-26-41(31-43(34)45(35)46)49-53-47(39-24-19-32-11-7-9-15-37(32)29-39)52-48(54-49)40-25-20-33-12-8-10-16-38(33)30-40/h1-31H. The molecular weight excluding hydrogens is 671 g/mol. The van der Waals surface area contributed by atoms with Crippen LogP contribution >= 0.6 is 0 Å². The van der Waals surface area contributed by atoms with Crippen LogP contribution in [-0.2, 0) is 0 Å². The van der Waals surface area contributed by atoms with Crippen LogP contribution < -0.4 is 0 Å². The van der Waals surface area contributed by atoms with Crippen LogP contribution in [0.3, 0.4) is 0 Å². The Bertz CT molecular complexity index is 3160. The van der Waals surface area contributed by atoms with Crippen LogP contribution in [-0.4, -0.2) is 24.5 Å². The molecular formula is C50H31N5. The van der Waals surface area contributed by atoms with Crippen molar-refractivity contribution in [1.29, 1.82) is 0 Å². The Morgan fingerprint density at radius 1 is 0.327 bits per heavy atom. The molecule has 0 aliphatic rings. The lowest BCUT2D eigenvalue weighted by atomic mass is 9.98. The van der Waals surface area contributed by atoms with Crippen LogP contribution in [0.5, 0.6) is 0 Å². The maximum atomic E-state index is 5.42. The SMILES string of the molecule is c1ccc(-c2nc3c4c(ccc5ccc(-c6nc(-c7ccc8ccccc8c7)nc(-c7ccc8ccccc8c7)n6)cc54)ccc3n2-c2ccccc2)cc1. The van der Waals surface area contributed by atoms with Gasteiger partial charge in [0.1, 0.15) is 5.82 Å². The van der Waals surface area contributed by atoms with Crippen molar-refractivity contribution in [1.82, 2.24) is 24.5 Å². The van der Waals surface area contributed by atoms with Gasteiger partial charge >= 0.3 is 0 Å². The van der Waals surface area contributed by atoms with Gasteiger partial charge in [-0.05, 0) is 74.1 Å². The minimum atomic E-state index is 0.618. The largest absolute Gasteiger partial charge is 0.292 e. The van der Waals surface area contributed by atoms with Crippen LogP contribution in [0.15, 0.2) is 188 Å². The van der Waals surface area contributed by atoms with E-state index in [9.17, 15) is 0 Å². The van der Waals surface area contributed by atoms with E-state index in [4.69, 9.17) is 19.9 Å². The molecule has 0 atom stereocenters. The van der Waals surface area contributed by atoms with Crippen LogP contribution in [0, 0.1) is 0 Å². The van der Waals surface area contributed by atoms with Crippen LogP contribution in [0.25, 0.3) is 105 Å². The highest BCUT2D eigenvalue weighted by molar-refractivity contribution is 6.19. The second kappa shape index (κ2) is 12.6.